The van der Waals surface area contributed by atoms with E-state index in [4.69, 9.17) is 21.1 Å². The lowest BCUT2D eigenvalue weighted by Crippen LogP contribution is -2.34. The van der Waals surface area contributed by atoms with Gasteiger partial charge in [-0.05, 0) is 73.9 Å². The second-order valence-corrected chi connectivity index (χ2v) is 10.9. The van der Waals surface area contributed by atoms with Crippen molar-refractivity contribution in [1.29, 1.82) is 0 Å². The third-order valence-electron chi connectivity index (χ3n) is 7.93. The van der Waals surface area contributed by atoms with Gasteiger partial charge in [0.05, 0.1) is 19.6 Å². The molecule has 0 spiro atoms. The molecule has 39 heavy (non-hydrogen) atoms. The highest BCUT2D eigenvalue weighted by Gasteiger charge is 2.30. The quantitative estimate of drug-likeness (QED) is 0.353. The fourth-order valence-electron chi connectivity index (χ4n) is 5.52. The molecule has 210 valence electrons. The molecular weight excluding hydrogens is 520 g/mol. The molecule has 2 aromatic carbocycles. The predicted octanol–water partition coefficient (Wildman–Crippen LogP) is 5.33. The second kappa shape index (κ2) is 13.3. The van der Waals surface area contributed by atoms with Crippen molar-refractivity contribution in [2.45, 2.75) is 58.0 Å². The molecule has 0 radical (unpaired) electrons. The van der Waals surface area contributed by atoms with Gasteiger partial charge in [-0.15, -0.1) is 0 Å². The average molecular weight is 557 g/mol. The van der Waals surface area contributed by atoms with E-state index in [2.05, 4.69) is 24.0 Å². The van der Waals surface area contributed by atoms with Crippen molar-refractivity contribution >= 4 is 29.4 Å². The van der Waals surface area contributed by atoms with Gasteiger partial charge in [0.1, 0.15) is 6.61 Å². The summed E-state index contributed by atoms with van der Waals surface area (Å²) in [7, 11) is 1.59. The summed E-state index contributed by atoms with van der Waals surface area (Å²) < 4.78 is 11.5. The molecule has 2 aromatic rings. The summed E-state index contributed by atoms with van der Waals surface area (Å²) in [6.45, 7) is 4.14. The van der Waals surface area contributed by atoms with Crippen LogP contribution in [0.15, 0.2) is 42.5 Å². The van der Waals surface area contributed by atoms with Crippen molar-refractivity contribution in [2.75, 3.05) is 26.8 Å². The van der Waals surface area contributed by atoms with Crippen LogP contribution >= 0.6 is 11.6 Å². The summed E-state index contributed by atoms with van der Waals surface area (Å²) in [6.07, 6.45) is 3.78. The normalized spacial score (nSPS) is 20.4. The van der Waals surface area contributed by atoms with E-state index < -0.39 is 5.97 Å². The van der Waals surface area contributed by atoms with Crippen molar-refractivity contribution in [3.05, 3.63) is 58.6 Å². The lowest BCUT2D eigenvalue weighted by Gasteiger charge is -2.35. The number of carboxylic acid groups (broad SMARTS) is 1. The van der Waals surface area contributed by atoms with Crippen LogP contribution in [0.4, 0.5) is 0 Å². The zero-order valence-electron chi connectivity index (χ0n) is 22.6. The highest BCUT2D eigenvalue weighted by molar-refractivity contribution is 6.30. The van der Waals surface area contributed by atoms with Crippen LogP contribution in [-0.4, -0.2) is 59.5 Å². The molecular formula is C30H37ClN2O6. The number of carbonyl (C=O) groups excluding carboxylic acids is 2. The third-order valence-corrected chi connectivity index (χ3v) is 8.18. The Balaban J connectivity index is 1.45. The van der Waals surface area contributed by atoms with Crippen molar-refractivity contribution in [3.8, 4) is 11.5 Å². The van der Waals surface area contributed by atoms with Crippen LogP contribution in [-0.2, 0) is 20.9 Å². The van der Waals surface area contributed by atoms with Gasteiger partial charge >= 0.3 is 5.97 Å². The van der Waals surface area contributed by atoms with Gasteiger partial charge in [-0.25, -0.2) is 0 Å². The molecule has 4 rings (SSSR count). The Morgan fingerprint density at radius 2 is 1.72 bits per heavy atom. The molecule has 1 atom stereocenters. The van der Waals surface area contributed by atoms with E-state index in [1.54, 1.807) is 7.11 Å². The molecule has 1 heterocycles. The van der Waals surface area contributed by atoms with Gasteiger partial charge in [-0.3, -0.25) is 24.2 Å². The number of carbonyl (C=O) groups is 3. The summed E-state index contributed by atoms with van der Waals surface area (Å²) in [6, 6.07) is 13.9. The fourth-order valence-corrected chi connectivity index (χ4v) is 5.64. The standard InChI is InChI=1S/C30H37ClN2O6/c1-20(23-8-10-25(31)11-9-23)32(18-21-3-6-24(7-4-21)30(36)37)19-22-5-12-26(27(17-22)38-2)39-16-15-33-28(34)13-14-29(33)35/h5,8-12,17,20-21,24H,3-4,6-7,13-16,18-19H2,1-2H3,(H,36,37)/t20-,21-,24-/m0/s1. The number of benzene rings is 2. The summed E-state index contributed by atoms with van der Waals surface area (Å²) in [4.78, 5) is 38.8. The van der Waals surface area contributed by atoms with Crippen LogP contribution in [0.3, 0.4) is 0 Å². The Morgan fingerprint density at radius 3 is 2.33 bits per heavy atom. The molecule has 1 saturated carbocycles. The number of carboxylic acids is 1. The van der Waals surface area contributed by atoms with Crippen LogP contribution < -0.4 is 9.47 Å². The van der Waals surface area contributed by atoms with E-state index in [0.29, 0.717) is 29.0 Å². The predicted molar refractivity (Wildman–Crippen MR) is 148 cm³/mol. The monoisotopic (exact) mass is 556 g/mol. The van der Waals surface area contributed by atoms with Gasteiger partial charge in [-0.1, -0.05) is 29.8 Å². The first-order valence-corrected chi connectivity index (χ1v) is 14.0. The van der Waals surface area contributed by atoms with Crippen molar-refractivity contribution in [3.63, 3.8) is 0 Å². The first-order valence-electron chi connectivity index (χ1n) is 13.6. The van der Waals surface area contributed by atoms with E-state index in [1.807, 2.05) is 30.3 Å². The van der Waals surface area contributed by atoms with Gasteiger partial charge in [0.15, 0.2) is 11.5 Å². The van der Waals surface area contributed by atoms with Crippen LogP contribution in [0.1, 0.15) is 62.6 Å². The highest BCUT2D eigenvalue weighted by Crippen LogP contribution is 2.34. The number of likely N-dealkylation sites (tertiary alicyclic amines) is 1. The molecule has 2 amide bonds. The maximum atomic E-state index is 11.8. The minimum absolute atomic E-state index is 0.122. The molecule has 1 aliphatic heterocycles. The Labute approximate surface area is 234 Å². The van der Waals surface area contributed by atoms with Crippen LogP contribution in [0.2, 0.25) is 5.02 Å². The van der Waals surface area contributed by atoms with E-state index in [-0.39, 0.29) is 49.8 Å². The number of nitrogens with zero attached hydrogens (tertiary/aromatic N) is 2. The Morgan fingerprint density at radius 1 is 1.05 bits per heavy atom. The van der Waals surface area contributed by atoms with Gasteiger partial charge in [0.2, 0.25) is 11.8 Å². The number of amides is 2. The fraction of sp³-hybridized carbons (Fsp3) is 0.500. The minimum Gasteiger partial charge on any atom is -0.493 e. The number of hydrogen-bond acceptors (Lipinski definition) is 6. The van der Waals surface area contributed by atoms with Crippen LogP contribution in [0, 0.1) is 11.8 Å². The lowest BCUT2D eigenvalue weighted by molar-refractivity contribution is -0.143. The van der Waals surface area contributed by atoms with E-state index in [9.17, 15) is 19.5 Å². The maximum absolute atomic E-state index is 11.8. The molecule has 9 heteroatoms. The largest absolute Gasteiger partial charge is 0.493 e. The Hall–Kier alpha value is -3.10. The van der Waals surface area contributed by atoms with Crippen molar-refractivity contribution in [1.82, 2.24) is 9.80 Å². The average Bonchev–Trinajstić information content (AvgIpc) is 3.26. The topological polar surface area (TPSA) is 96.4 Å². The zero-order valence-corrected chi connectivity index (χ0v) is 23.4. The molecule has 0 bridgehead atoms. The molecule has 1 N–H and O–H groups in total. The lowest BCUT2D eigenvalue weighted by atomic mass is 9.81. The number of imide groups is 1. The first kappa shape index (κ1) is 28.9. The van der Waals surface area contributed by atoms with Gasteiger partial charge in [0.25, 0.3) is 0 Å². The number of methoxy groups -OCH3 is 1. The number of ether oxygens (including phenoxy) is 2. The van der Waals surface area contributed by atoms with Gasteiger partial charge in [0, 0.05) is 37.0 Å². The molecule has 0 aromatic heterocycles. The molecule has 0 unspecified atom stereocenters. The maximum Gasteiger partial charge on any atom is 0.306 e. The summed E-state index contributed by atoms with van der Waals surface area (Å²) in [5.41, 5.74) is 2.22. The number of hydrogen-bond donors (Lipinski definition) is 1. The van der Waals surface area contributed by atoms with E-state index >= 15 is 0 Å². The van der Waals surface area contributed by atoms with Crippen LogP contribution in [0.25, 0.3) is 0 Å². The number of halogens is 1. The van der Waals surface area contributed by atoms with E-state index in [1.165, 1.54) is 4.90 Å². The Kier molecular flexibility index (Phi) is 9.86. The van der Waals surface area contributed by atoms with Gasteiger partial charge < -0.3 is 14.6 Å². The van der Waals surface area contributed by atoms with Gasteiger partial charge in [-0.2, -0.15) is 0 Å². The van der Waals surface area contributed by atoms with Crippen molar-refractivity contribution in [2.24, 2.45) is 11.8 Å². The van der Waals surface area contributed by atoms with E-state index in [0.717, 1.165) is 43.4 Å². The molecule has 8 nitrogen and oxygen atoms in total. The number of rotatable bonds is 12. The first-order chi connectivity index (χ1) is 18.7. The van der Waals surface area contributed by atoms with Crippen molar-refractivity contribution < 1.29 is 29.0 Å². The molecule has 2 aliphatic rings. The smallest absolute Gasteiger partial charge is 0.306 e. The molecule has 1 saturated heterocycles. The number of aliphatic carboxylic acids is 1. The zero-order chi connectivity index (χ0) is 27.9. The minimum atomic E-state index is -0.687. The van der Waals surface area contributed by atoms with Crippen LogP contribution in [0.5, 0.6) is 11.5 Å². The molecule has 1 aliphatic carbocycles. The molecule has 2 fully saturated rings. The summed E-state index contributed by atoms with van der Waals surface area (Å²) >= 11 is 6.13. The summed E-state index contributed by atoms with van der Waals surface area (Å²) in [5, 5.41) is 10.1. The Bertz CT molecular complexity index is 1150. The SMILES string of the molecule is COc1cc(CN(C[C@H]2CC[C@H](C(=O)O)CC2)[C@@H](C)c2ccc(Cl)cc2)ccc1OCCN1C(=O)CCC1=O. The highest BCUT2D eigenvalue weighted by atomic mass is 35.5. The second-order valence-electron chi connectivity index (χ2n) is 10.5. The third kappa shape index (κ3) is 7.51. The summed E-state index contributed by atoms with van der Waals surface area (Å²) in [5.74, 6) is 0.345.